The number of nitro benzene ring substituents is 1. The highest BCUT2D eigenvalue weighted by Gasteiger charge is 2.07. The molecule has 1 aromatic carbocycles. The van der Waals surface area contributed by atoms with E-state index >= 15 is 0 Å². The number of benzene rings is 1. The molecule has 0 fully saturated rings. The number of rotatable bonds is 2. The van der Waals surface area contributed by atoms with Gasteiger partial charge in [-0.1, -0.05) is 0 Å². The van der Waals surface area contributed by atoms with Crippen LogP contribution in [0.15, 0.2) is 24.3 Å². The topological polar surface area (TPSA) is 87.2 Å². The van der Waals surface area contributed by atoms with Gasteiger partial charge in [0.25, 0.3) is 5.69 Å². The average molecular weight is 190 g/mol. The lowest BCUT2D eigenvalue weighted by atomic mass is 10.1. The molecule has 5 nitrogen and oxygen atoms in total. The number of aromatic hydroxyl groups is 1. The molecule has 0 aromatic heterocycles. The van der Waals surface area contributed by atoms with Gasteiger partial charge in [-0.05, 0) is 12.1 Å². The fraction of sp³-hybridized carbons (Fsp3) is 0. The van der Waals surface area contributed by atoms with Gasteiger partial charge >= 0.3 is 0 Å². The first kappa shape index (κ1) is 9.74. The maximum absolute atomic E-state index is 10.3. The summed E-state index contributed by atoms with van der Waals surface area (Å²) in [6.45, 7) is 0. The number of hydrogen-bond acceptors (Lipinski definition) is 4. The van der Waals surface area contributed by atoms with Crippen molar-refractivity contribution in [2.24, 2.45) is 0 Å². The molecule has 1 aromatic rings. The molecule has 1 N–H and O–H groups in total. The highest BCUT2D eigenvalue weighted by Crippen LogP contribution is 2.24. The molecule has 0 heterocycles. The van der Waals surface area contributed by atoms with Crippen LogP contribution in [0.1, 0.15) is 5.56 Å². The van der Waals surface area contributed by atoms with Crippen molar-refractivity contribution < 1.29 is 10.0 Å². The number of nitriles is 1. The minimum Gasteiger partial charge on any atom is -0.507 e. The third kappa shape index (κ3) is 2.08. The summed E-state index contributed by atoms with van der Waals surface area (Å²) in [5.74, 6) is -0.217. The molecule has 0 saturated heterocycles. The minimum absolute atomic E-state index is 0.184. The second-order valence-corrected chi connectivity index (χ2v) is 2.46. The summed E-state index contributed by atoms with van der Waals surface area (Å²) >= 11 is 0. The van der Waals surface area contributed by atoms with Crippen LogP contribution in [0.25, 0.3) is 6.08 Å². The monoisotopic (exact) mass is 190 g/mol. The van der Waals surface area contributed by atoms with E-state index in [1.54, 1.807) is 6.07 Å². The zero-order valence-electron chi connectivity index (χ0n) is 7.04. The molecule has 14 heavy (non-hydrogen) atoms. The standard InChI is InChI=1S/C9H6N2O3/c10-5-1-2-7-3-4-8(11(13)14)6-9(7)12/h1-4,6,12H. The van der Waals surface area contributed by atoms with Gasteiger partial charge in [-0.15, -0.1) is 0 Å². The first-order valence-corrected chi connectivity index (χ1v) is 3.68. The Morgan fingerprint density at radius 2 is 2.29 bits per heavy atom. The van der Waals surface area contributed by atoms with Crippen molar-refractivity contribution in [2.45, 2.75) is 0 Å². The summed E-state index contributed by atoms with van der Waals surface area (Å²) in [5, 5.41) is 27.8. The summed E-state index contributed by atoms with van der Waals surface area (Å²) in [6.07, 6.45) is 2.56. The van der Waals surface area contributed by atoms with Gasteiger partial charge in [0, 0.05) is 17.7 Å². The predicted octanol–water partition coefficient (Wildman–Crippen LogP) is 1.84. The number of allylic oxidation sites excluding steroid dienone is 1. The van der Waals surface area contributed by atoms with Crippen LogP contribution in [0, 0.1) is 21.4 Å². The number of non-ortho nitro benzene ring substituents is 1. The number of nitrogens with zero attached hydrogens (tertiary/aromatic N) is 2. The van der Waals surface area contributed by atoms with Crippen LogP contribution < -0.4 is 0 Å². The normalized spacial score (nSPS) is 9.93. The van der Waals surface area contributed by atoms with E-state index in [0.29, 0.717) is 5.56 Å². The molecule has 0 bridgehead atoms. The van der Waals surface area contributed by atoms with Crippen LogP contribution in [0.2, 0.25) is 0 Å². The van der Waals surface area contributed by atoms with Crippen molar-refractivity contribution in [3.63, 3.8) is 0 Å². The third-order valence-electron chi connectivity index (χ3n) is 1.56. The molecule has 70 valence electrons. The minimum atomic E-state index is -0.600. The van der Waals surface area contributed by atoms with Crippen molar-refractivity contribution in [1.29, 1.82) is 5.26 Å². The van der Waals surface area contributed by atoms with Gasteiger partial charge in [-0.3, -0.25) is 10.1 Å². The lowest BCUT2D eigenvalue weighted by Crippen LogP contribution is -1.87. The van der Waals surface area contributed by atoms with Crippen LogP contribution in [0.3, 0.4) is 0 Å². The molecule has 0 amide bonds. The molecule has 0 spiro atoms. The number of phenols is 1. The molecule has 0 radical (unpaired) electrons. The van der Waals surface area contributed by atoms with Gasteiger partial charge < -0.3 is 5.11 Å². The van der Waals surface area contributed by atoms with E-state index in [2.05, 4.69) is 0 Å². The summed E-state index contributed by atoms with van der Waals surface area (Å²) in [5.41, 5.74) is 0.189. The van der Waals surface area contributed by atoms with E-state index in [4.69, 9.17) is 5.26 Å². The first-order chi connectivity index (χ1) is 6.65. The highest BCUT2D eigenvalue weighted by molar-refractivity contribution is 5.61. The van der Waals surface area contributed by atoms with Crippen LogP contribution in [0.5, 0.6) is 5.75 Å². The Kier molecular flexibility index (Phi) is 2.82. The van der Waals surface area contributed by atoms with E-state index < -0.39 is 4.92 Å². The predicted molar refractivity (Wildman–Crippen MR) is 49.4 cm³/mol. The quantitative estimate of drug-likeness (QED) is 0.437. The van der Waals surface area contributed by atoms with Crippen LogP contribution >= 0.6 is 0 Å². The van der Waals surface area contributed by atoms with Crippen molar-refractivity contribution >= 4 is 11.8 Å². The highest BCUT2D eigenvalue weighted by atomic mass is 16.6. The van der Waals surface area contributed by atoms with Gasteiger partial charge in [0.05, 0.1) is 17.1 Å². The van der Waals surface area contributed by atoms with Gasteiger partial charge in [-0.2, -0.15) is 5.26 Å². The van der Waals surface area contributed by atoms with E-state index in [1.807, 2.05) is 0 Å². The summed E-state index contributed by atoms with van der Waals surface area (Å²) in [6, 6.07) is 5.43. The van der Waals surface area contributed by atoms with Crippen molar-refractivity contribution in [1.82, 2.24) is 0 Å². The van der Waals surface area contributed by atoms with Gasteiger partial charge in [-0.25, -0.2) is 0 Å². The number of nitro groups is 1. The van der Waals surface area contributed by atoms with E-state index in [1.165, 1.54) is 24.3 Å². The molecule has 0 atom stereocenters. The van der Waals surface area contributed by atoms with Crippen LogP contribution in [0.4, 0.5) is 5.69 Å². The fourth-order valence-corrected chi connectivity index (χ4v) is 0.914. The van der Waals surface area contributed by atoms with Crippen molar-refractivity contribution in [3.05, 3.63) is 40.0 Å². The average Bonchev–Trinajstić information content (AvgIpc) is 2.15. The molecule has 0 aliphatic rings. The Morgan fingerprint density at radius 1 is 1.57 bits per heavy atom. The van der Waals surface area contributed by atoms with Gasteiger partial charge in [0.1, 0.15) is 5.75 Å². The number of phenolic OH excluding ortho intramolecular Hbond substituents is 1. The van der Waals surface area contributed by atoms with Gasteiger partial charge in [0.15, 0.2) is 0 Å². The van der Waals surface area contributed by atoms with E-state index in [9.17, 15) is 15.2 Å². The smallest absolute Gasteiger partial charge is 0.273 e. The van der Waals surface area contributed by atoms with Gasteiger partial charge in [0.2, 0.25) is 0 Å². The molecule has 0 saturated carbocycles. The molecular weight excluding hydrogens is 184 g/mol. The van der Waals surface area contributed by atoms with Crippen molar-refractivity contribution in [3.8, 4) is 11.8 Å². The summed E-state index contributed by atoms with van der Waals surface area (Å²) < 4.78 is 0. The molecule has 0 aliphatic carbocycles. The van der Waals surface area contributed by atoms with Crippen molar-refractivity contribution in [2.75, 3.05) is 0 Å². The Hall–Kier alpha value is -2.35. The molecule has 0 aliphatic heterocycles. The zero-order valence-corrected chi connectivity index (χ0v) is 7.04. The lowest BCUT2D eigenvalue weighted by molar-refractivity contribution is -0.384. The Labute approximate surface area is 79.7 Å². The van der Waals surface area contributed by atoms with Crippen LogP contribution in [-0.4, -0.2) is 10.0 Å². The van der Waals surface area contributed by atoms with E-state index in [0.717, 1.165) is 6.07 Å². The lowest BCUT2D eigenvalue weighted by Gasteiger charge is -1.97. The molecular formula is C9H6N2O3. The maximum Gasteiger partial charge on any atom is 0.273 e. The largest absolute Gasteiger partial charge is 0.507 e. The Bertz CT molecular complexity index is 432. The van der Waals surface area contributed by atoms with Crippen LogP contribution in [-0.2, 0) is 0 Å². The first-order valence-electron chi connectivity index (χ1n) is 3.68. The second kappa shape index (κ2) is 4.05. The summed E-state index contributed by atoms with van der Waals surface area (Å²) in [7, 11) is 0. The third-order valence-corrected chi connectivity index (χ3v) is 1.56. The molecule has 1 rings (SSSR count). The maximum atomic E-state index is 10.3. The Morgan fingerprint density at radius 3 is 2.79 bits per heavy atom. The second-order valence-electron chi connectivity index (χ2n) is 2.46. The SMILES string of the molecule is N#CC=Cc1ccc([N+](=O)[O-])cc1O. The van der Waals surface area contributed by atoms with E-state index in [-0.39, 0.29) is 11.4 Å². The Balaban J connectivity index is 3.09. The zero-order chi connectivity index (χ0) is 10.6. The number of hydrogen-bond donors (Lipinski definition) is 1. The summed E-state index contributed by atoms with van der Waals surface area (Å²) in [4.78, 5) is 9.70. The molecule has 0 unspecified atom stereocenters. The molecule has 5 heteroatoms. The fourth-order valence-electron chi connectivity index (χ4n) is 0.914.